The molecule has 2 heterocycles. The van der Waals surface area contributed by atoms with Crippen LogP contribution in [0.2, 0.25) is 0 Å². The highest BCUT2D eigenvalue weighted by Gasteiger charge is 2.23. The van der Waals surface area contributed by atoms with Gasteiger partial charge in [-0.1, -0.05) is 18.2 Å². The number of nitrogens with one attached hydrogen (secondary N) is 1. The first kappa shape index (κ1) is 16.9. The molecule has 0 aliphatic carbocycles. The van der Waals surface area contributed by atoms with Gasteiger partial charge < -0.3 is 19.5 Å². The summed E-state index contributed by atoms with van der Waals surface area (Å²) in [6.07, 6.45) is 3.10. The lowest BCUT2D eigenvalue weighted by Gasteiger charge is -2.26. The number of carbonyl (C=O) groups excluding carboxylic acids is 1. The predicted molar refractivity (Wildman–Crippen MR) is 97.7 cm³/mol. The molecule has 1 N–H and O–H groups in total. The Hall–Kier alpha value is -2.53. The van der Waals surface area contributed by atoms with Gasteiger partial charge in [0.25, 0.3) is 5.91 Å². The lowest BCUT2D eigenvalue weighted by molar-refractivity contribution is 0.0679. The number of hydrogen-bond acceptors (Lipinski definition) is 4. The van der Waals surface area contributed by atoms with Crippen LogP contribution in [0.4, 0.5) is 0 Å². The van der Waals surface area contributed by atoms with E-state index in [-0.39, 0.29) is 18.1 Å². The van der Waals surface area contributed by atoms with Gasteiger partial charge in [-0.05, 0) is 43.2 Å². The third-order valence-corrected chi connectivity index (χ3v) is 4.84. The molecule has 136 valence electrons. The van der Waals surface area contributed by atoms with Gasteiger partial charge in [0.15, 0.2) is 0 Å². The summed E-state index contributed by atoms with van der Waals surface area (Å²) in [5, 5.41) is 3.11. The van der Waals surface area contributed by atoms with Crippen molar-refractivity contribution < 1.29 is 19.0 Å². The minimum absolute atomic E-state index is 0.0251. The zero-order valence-corrected chi connectivity index (χ0v) is 14.6. The molecule has 0 saturated carbocycles. The van der Waals surface area contributed by atoms with Crippen LogP contribution in [0.3, 0.4) is 0 Å². The van der Waals surface area contributed by atoms with Gasteiger partial charge in [-0.3, -0.25) is 4.79 Å². The van der Waals surface area contributed by atoms with Crippen molar-refractivity contribution in [2.75, 3.05) is 19.8 Å². The van der Waals surface area contributed by atoms with Gasteiger partial charge in [-0.15, -0.1) is 0 Å². The molecular weight excluding hydrogens is 330 g/mol. The van der Waals surface area contributed by atoms with Gasteiger partial charge in [0, 0.05) is 24.2 Å². The van der Waals surface area contributed by atoms with Crippen LogP contribution in [0.5, 0.6) is 11.5 Å². The summed E-state index contributed by atoms with van der Waals surface area (Å²) in [7, 11) is 0. The molecule has 2 aliphatic heterocycles. The SMILES string of the molecule is O=C(N[C@@H]1CCOc2ccccc21)c1ccc(OC[C@H]2CCCO2)cc1. The quantitative estimate of drug-likeness (QED) is 0.894. The standard InChI is InChI=1S/C21H23NO4/c23-21(22-19-11-13-25-20-6-2-1-5-18(19)20)15-7-9-16(10-8-15)26-14-17-4-3-12-24-17/h1-2,5-10,17,19H,3-4,11-14H2,(H,22,23)/t17-,19-/m1/s1. The second kappa shape index (κ2) is 7.79. The average molecular weight is 353 g/mol. The van der Waals surface area contributed by atoms with Crippen LogP contribution >= 0.6 is 0 Å². The summed E-state index contributed by atoms with van der Waals surface area (Å²) in [5.41, 5.74) is 1.65. The minimum atomic E-state index is -0.0858. The molecule has 0 radical (unpaired) electrons. The third kappa shape index (κ3) is 3.83. The summed E-state index contributed by atoms with van der Waals surface area (Å²) in [6, 6.07) is 15.1. The summed E-state index contributed by atoms with van der Waals surface area (Å²) in [5.74, 6) is 1.52. The van der Waals surface area contributed by atoms with Crippen LogP contribution < -0.4 is 14.8 Å². The lowest BCUT2D eigenvalue weighted by Crippen LogP contribution is -2.32. The number of hydrogen-bond donors (Lipinski definition) is 1. The van der Waals surface area contributed by atoms with Gasteiger partial charge in [-0.2, -0.15) is 0 Å². The van der Waals surface area contributed by atoms with Crippen molar-refractivity contribution in [3.63, 3.8) is 0 Å². The zero-order chi connectivity index (χ0) is 17.8. The maximum Gasteiger partial charge on any atom is 0.251 e. The highest BCUT2D eigenvalue weighted by molar-refractivity contribution is 5.94. The van der Waals surface area contributed by atoms with Crippen molar-refractivity contribution in [2.24, 2.45) is 0 Å². The van der Waals surface area contributed by atoms with E-state index >= 15 is 0 Å². The summed E-state index contributed by atoms with van der Waals surface area (Å²) < 4.78 is 16.9. The molecule has 26 heavy (non-hydrogen) atoms. The Kier molecular flexibility index (Phi) is 5.07. The Morgan fingerprint density at radius 3 is 2.73 bits per heavy atom. The topological polar surface area (TPSA) is 56.8 Å². The molecule has 0 bridgehead atoms. The van der Waals surface area contributed by atoms with Crippen molar-refractivity contribution in [3.8, 4) is 11.5 Å². The lowest BCUT2D eigenvalue weighted by atomic mass is 10.00. The maximum atomic E-state index is 12.6. The molecule has 0 aromatic heterocycles. The number of fused-ring (bicyclic) bond motifs is 1. The van der Waals surface area contributed by atoms with E-state index in [1.54, 1.807) is 12.1 Å². The fourth-order valence-electron chi connectivity index (χ4n) is 3.40. The van der Waals surface area contributed by atoms with Gasteiger partial charge >= 0.3 is 0 Å². The van der Waals surface area contributed by atoms with Crippen molar-refractivity contribution in [3.05, 3.63) is 59.7 Å². The molecule has 1 fully saturated rings. The number of carbonyl (C=O) groups is 1. The number of amides is 1. The second-order valence-corrected chi connectivity index (χ2v) is 6.67. The first-order valence-corrected chi connectivity index (χ1v) is 9.16. The summed E-state index contributed by atoms with van der Waals surface area (Å²) in [6.45, 7) is 1.99. The third-order valence-electron chi connectivity index (χ3n) is 4.84. The molecule has 4 rings (SSSR count). The number of ether oxygens (including phenoxy) is 3. The highest BCUT2D eigenvalue weighted by atomic mass is 16.5. The Balaban J connectivity index is 1.36. The van der Waals surface area contributed by atoms with E-state index < -0.39 is 0 Å². The van der Waals surface area contributed by atoms with Crippen LogP contribution in [-0.2, 0) is 4.74 Å². The van der Waals surface area contributed by atoms with Crippen LogP contribution in [0, 0.1) is 0 Å². The van der Waals surface area contributed by atoms with E-state index in [4.69, 9.17) is 14.2 Å². The first-order chi connectivity index (χ1) is 12.8. The van der Waals surface area contributed by atoms with Gasteiger partial charge in [-0.25, -0.2) is 0 Å². The van der Waals surface area contributed by atoms with E-state index in [1.807, 2.05) is 36.4 Å². The molecule has 2 aromatic carbocycles. The maximum absolute atomic E-state index is 12.6. The molecule has 0 unspecified atom stereocenters. The molecule has 0 spiro atoms. The van der Waals surface area contributed by atoms with E-state index in [0.717, 1.165) is 42.9 Å². The smallest absolute Gasteiger partial charge is 0.251 e. The fraction of sp³-hybridized carbons (Fsp3) is 0.381. The summed E-state index contributed by atoms with van der Waals surface area (Å²) >= 11 is 0. The van der Waals surface area contributed by atoms with E-state index in [9.17, 15) is 4.79 Å². The molecule has 2 aromatic rings. The zero-order valence-electron chi connectivity index (χ0n) is 14.6. The van der Waals surface area contributed by atoms with Crippen molar-refractivity contribution in [1.29, 1.82) is 0 Å². The van der Waals surface area contributed by atoms with Gasteiger partial charge in [0.2, 0.25) is 0 Å². The van der Waals surface area contributed by atoms with Crippen LogP contribution in [-0.4, -0.2) is 31.8 Å². The Morgan fingerprint density at radius 1 is 1.08 bits per heavy atom. The fourth-order valence-corrected chi connectivity index (χ4v) is 3.40. The predicted octanol–water partition coefficient (Wildman–Crippen LogP) is 3.50. The Labute approximate surface area is 153 Å². The summed E-state index contributed by atoms with van der Waals surface area (Å²) in [4.78, 5) is 12.6. The average Bonchev–Trinajstić information content (AvgIpc) is 3.21. The first-order valence-electron chi connectivity index (χ1n) is 9.16. The van der Waals surface area contributed by atoms with Crippen LogP contribution in [0.25, 0.3) is 0 Å². The van der Waals surface area contributed by atoms with Crippen molar-refractivity contribution >= 4 is 5.91 Å². The van der Waals surface area contributed by atoms with Crippen molar-refractivity contribution in [2.45, 2.75) is 31.4 Å². The molecule has 2 aliphatic rings. The Bertz CT molecular complexity index is 753. The normalized spacial score (nSPS) is 21.5. The molecular formula is C21H23NO4. The number of para-hydroxylation sites is 1. The largest absolute Gasteiger partial charge is 0.493 e. The highest BCUT2D eigenvalue weighted by Crippen LogP contribution is 2.31. The van der Waals surface area contributed by atoms with E-state index in [2.05, 4.69) is 5.32 Å². The van der Waals surface area contributed by atoms with Crippen LogP contribution in [0.1, 0.15) is 41.2 Å². The molecule has 2 atom stereocenters. The van der Waals surface area contributed by atoms with E-state index in [1.165, 1.54) is 0 Å². The van der Waals surface area contributed by atoms with Crippen molar-refractivity contribution in [1.82, 2.24) is 5.32 Å². The molecule has 5 heteroatoms. The Morgan fingerprint density at radius 2 is 1.92 bits per heavy atom. The molecule has 1 saturated heterocycles. The molecule has 5 nitrogen and oxygen atoms in total. The number of rotatable bonds is 5. The molecule has 1 amide bonds. The monoisotopic (exact) mass is 353 g/mol. The van der Waals surface area contributed by atoms with Crippen LogP contribution in [0.15, 0.2) is 48.5 Å². The van der Waals surface area contributed by atoms with E-state index in [0.29, 0.717) is 18.8 Å². The number of benzene rings is 2. The second-order valence-electron chi connectivity index (χ2n) is 6.67. The van der Waals surface area contributed by atoms with Gasteiger partial charge in [0.05, 0.1) is 18.8 Å². The minimum Gasteiger partial charge on any atom is -0.493 e. The van der Waals surface area contributed by atoms with Gasteiger partial charge in [0.1, 0.15) is 18.1 Å².